The van der Waals surface area contributed by atoms with Crippen LogP contribution in [0.1, 0.15) is 0 Å². The molecule has 0 heterocycles. The van der Waals surface area contributed by atoms with Crippen molar-refractivity contribution in [2.24, 2.45) is 11.5 Å². The summed E-state index contributed by atoms with van der Waals surface area (Å²) in [5.41, 5.74) is 9.17. The molecular weight excluding hydrogens is 615 g/mol. The molecule has 34 heavy (non-hydrogen) atoms. The van der Waals surface area contributed by atoms with Crippen molar-refractivity contribution in [3.8, 4) is 0 Å². The van der Waals surface area contributed by atoms with Crippen LogP contribution in [0.5, 0.6) is 0 Å². The summed E-state index contributed by atoms with van der Waals surface area (Å²) in [6.45, 7) is -1.88. The average Bonchev–Trinajstić information content (AvgIpc) is 2.54. The van der Waals surface area contributed by atoms with Crippen LogP contribution in [-0.4, -0.2) is 116 Å². The molecule has 13 N–H and O–H groups in total. The molecule has 0 saturated carbocycles. The van der Waals surface area contributed by atoms with Gasteiger partial charge in [0.15, 0.2) is 0 Å². The van der Waals surface area contributed by atoms with E-state index in [1.54, 1.807) is 0 Å². The van der Waals surface area contributed by atoms with E-state index in [-0.39, 0.29) is 102 Å². The number of hydrogen-bond donors (Lipinski definition) is 3. The van der Waals surface area contributed by atoms with Crippen LogP contribution in [0.4, 0.5) is 0 Å². The zero-order valence-corrected chi connectivity index (χ0v) is 20.5. The molecule has 19 heteroatoms. The average molecular weight is 649 g/mol. The Hall–Kier alpha value is -1.81. The number of carbonyl (C=O) groups excluding carboxylic acids is 4. The second kappa shape index (κ2) is 29.2. The summed E-state index contributed by atoms with van der Waals surface area (Å²) in [7, 11) is 0. The minimum Gasteiger partial charge on any atom is -0.549 e. The molecule has 0 aliphatic carbocycles. The molecule has 0 atom stereocenters. The van der Waals surface area contributed by atoms with Crippen LogP contribution in [0.2, 0.25) is 0 Å². The summed E-state index contributed by atoms with van der Waals surface area (Å²) in [6, 6.07) is 0. The van der Waals surface area contributed by atoms with Gasteiger partial charge in [-0.15, -0.1) is 0 Å². The molecule has 0 saturated heterocycles. The molecule has 0 fully saturated rings. The quantitative estimate of drug-likeness (QED) is 0.0570. The molecule has 0 spiro atoms. The number of carboxylic acid groups (broad SMARTS) is 4. The number of nitrogens with two attached hydrogens (primary N) is 3. The molecule has 0 amide bonds. The zero-order chi connectivity index (χ0) is 23.5. The Kier molecular flexibility index (Phi) is 39.2. The van der Waals surface area contributed by atoms with Crippen molar-refractivity contribution in [1.29, 1.82) is 0 Å². The Morgan fingerprint density at radius 3 is 1.03 bits per heavy atom. The standard InChI is InChI=1S/C14H24N2O10.CH5N3.Gd.3H2O/c17-11(18)7-15(8-12(19)20)1-3-25-5-6-26-4-2-16(9-13(21)22)10-14(23)24;2-1(3)4;;;;/h1-10H2,(H,17,18)(H,19,20)(H,21,22)(H,23,24);(H5,2,3,4);;3*1H2/q;;+3;;;/p-2. The predicted octanol–water partition coefficient (Wildman–Crippen LogP) is -12.9. The first-order chi connectivity index (χ1) is 13.9. The first-order valence-corrected chi connectivity index (χ1v) is 8.47. The topological polar surface area (TPSA) is 359 Å². The fourth-order valence-electron chi connectivity index (χ4n) is 1.87. The van der Waals surface area contributed by atoms with E-state index in [0.717, 1.165) is 9.80 Å². The smallest absolute Gasteiger partial charge is 0.549 e. The first-order valence-electron chi connectivity index (χ1n) is 8.47. The summed E-state index contributed by atoms with van der Waals surface area (Å²) >= 11 is 0. The summed E-state index contributed by atoms with van der Waals surface area (Å²) in [4.78, 5) is 44.0. The number of aliphatic carboxylic acids is 4. The monoisotopic (exact) mass is 649 g/mol. The Morgan fingerprint density at radius 2 is 0.853 bits per heavy atom. The SMILES string of the molecule is NC(N)=[NH2+].O.O.O=C([O-])CN(CCOCCOCCN(CC(=O)[O-])CC(=O)[O-])CC(=O)[O-].[Gd+3].[OH3+]. The minimum absolute atomic E-state index is 0. The first kappa shape index (κ1) is 45.7. The van der Waals surface area contributed by atoms with E-state index in [2.05, 4.69) is 16.9 Å². The minimum atomic E-state index is -1.42. The number of guanidine groups is 1. The van der Waals surface area contributed by atoms with Gasteiger partial charge in [0.1, 0.15) is 0 Å². The van der Waals surface area contributed by atoms with Crippen LogP contribution in [-0.2, 0) is 34.1 Å². The molecule has 0 unspecified atom stereocenters. The number of ether oxygens (including phenoxy) is 2. The van der Waals surface area contributed by atoms with Gasteiger partial charge in [-0.1, -0.05) is 0 Å². The maximum atomic E-state index is 10.5. The van der Waals surface area contributed by atoms with Crippen molar-refractivity contribution in [3.05, 3.63) is 0 Å². The van der Waals surface area contributed by atoms with E-state index >= 15 is 0 Å². The predicted molar refractivity (Wildman–Crippen MR) is 102 cm³/mol. The number of rotatable bonds is 17. The molecule has 0 rings (SSSR count). The van der Waals surface area contributed by atoms with E-state index in [1.807, 2.05) is 0 Å². The van der Waals surface area contributed by atoms with Gasteiger partial charge in [-0.3, -0.25) is 26.7 Å². The van der Waals surface area contributed by atoms with E-state index in [1.165, 1.54) is 0 Å². The zero-order valence-electron chi connectivity index (χ0n) is 18.2. The number of carboxylic acids is 4. The molecule has 0 aliphatic heterocycles. The summed E-state index contributed by atoms with van der Waals surface area (Å²) in [5, 5.41) is 46.5. The fraction of sp³-hybridized carbons (Fsp3) is 0.667. The van der Waals surface area contributed by atoms with Crippen LogP contribution in [0, 0.1) is 39.9 Å². The van der Waals surface area contributed by atoms with Gasteiger partial charge in [0.05, 0.1) is 50.3 Å². The number of hydrogen-bond acceptors (Lipinski definition) is 12. The molecule has 0 aromatic rings. The van der Waals surface area contributed by atoms with Crippen molar-refractivity contribution >= 4 is 29.8 Å². The van der Waals surface area contributed by atoms with E-state index in [9.17, 15) is 39.6 Å². The molecule has 0 bridgehead atoms. The summed E-state index contributed by atoms with van der Waals surface area (Å²) < 4.78 is 10.3. The van der Waals surface area contributed by atoms with Crippen LogP contribution in [0.15, 0.2) is 0 Å². The summed E-state index contributed by atoms with van der Waals surface area (Å²) in [6.07, 6.45) is 0. The van der Waals surface area contributed by atoms with Gasteiger partial charge in [-0.2, -0.15) is 0 Å². The van der Waals surface area contributed by atoms with E-state index in [4.69, 9.17) is 9.47 Å². The molecule has 203 valence electrons. The maximum absolute atomic E-state index is 10.5. The molecule has 0 aromatic heterocycles. The van der Waals surface area contributed by atoms with E-state index < -0.39 is 50.1 Å². The van der Waals surface area contributed by atoms with Crippen molar-refractivity contribution in [3.63, 3.8) is 0 Å². The largest absolute Gasteiger partial charge is 3.00 e. The number of nitrogens with zero attached hydrogens (tertiary/aromatic N) is 2. The van der Waals surface area contributed by atoms with Gasteiger partial charge in [0, 0.05) is 39.3 Å². The van der Waals surface area contributed by atoms with Crippen LogP contribution < -0.4 is 37.3 Å². The van der Waals surface area contributed by atoms with Crippen molar-refractivity contribution in [2.45, 2.75) is 0 Å². The van der Waals surface area contributed by atoms with Crippen molar-refractivity contribution in [2.75, 3.05) is 65.7 Å². The van der Waals surface area contributed by atoms with Gasteiger partial charge in [-0.05, 0) is 0 Å². The van der Waals surface area contributed by atoms with Gasteiger partial charge in [-0.25, -0.2) is 0 Å². The third-order valence-electron chi connectivity index (χ3n) is 2.89. The molecule has 0 aliphatic rings. The Balaban J connectivity index is -0.000000226. The Labute approximate surface area is 226 Å². The molecular formula is C15H33GdN5O13+. The molecule has 18 nitrogen and oxygen atoms in total. The van der Waals surface area contributed by atoms with Crippen LogP contribution in [0.25, 0.3) is 0 Å². The third kappa shape index (κ3) is 40.5. The maximum Gasteiger partial charge on any atom is 3.00 e. The second-order valence-electron chi connectivity index (χ2n) is 5.63. The van der Waals surface area contributed by atoms with Gasteiger partial charge < -0.3 is 65.5 Å². The second-order valence-corrected chi connectivity index (χ2v) is 5.63. The van der Waals surface area contributed by atoms with Crippen LogP contribution in [0.3, 0.4) is 0 Å². The van der Waals surface area contributed by atoms with Crippen LogP contribution >= 0.6 is 0 Å². The van der Waals surface area contributed by atoms with Crippen molar-refractivity contribution in [1.82, 2.24) is 9.80 Å². The van der Waals surface area contributed by atoms with E-state index in [0.29, 0.717) is 0 Å². The Morgan fingerprint density at radius 1 is 0.647 bits per heavy atom. The van der Waals surface area contributed by atoms with Gasteiger partial charge >= 0.3 is 45.9 Å². The van der Waals surface area contributed by atoms with Gasteiger partial charge in [0.2, 0.25) is 0 Å². The fourth-order valence-corrected chi connectivity index (χ4v) is 1.87. The normalized spacial score (nSPS) is 9.12. The summed E-state index contributed by atoms with van der Waals surface area (Å²) in [5.74, 6) is -5.78. The molecule has 1 radical (unpaired) electrons. The Bertz CT molecular complexity index is 493. The third-order valence-corrected chi connectivity index (χ3v) is 2.89. The molecule has 0 aromatic carbocycles. The number of carbonyl (C=O) groups is 4. The van der Waals surface area contributed by atoms with Crippen molar-refractivity contribution < 1.29 is 111 Å². The van der Waals surface area contributed by atoms with Gasteiger partial charge in [0.25, 0.3) is 0 Å².